The Balaban J connectivity index is 2.51. The summed E-state index contributed by atoms with van der Waals surface area (Å²) in [6.45, 7) is 6.48. The molecule has 0 saturated carbocycles. The second kappa shape index (κ2) is 11.0. The number of benzene rings is 1. The van der Waals surface area contributed by atoms with Crippen LogP contribution in [0.5, 0.6) is 5.75 Å². The number of nitrogens with one attached hydrogen (secondary N) is 1. The summed E-state index contributed by atoms with van der Waals surface area (Å²) in [6, 6.07) is 5.44. The van der Waals surface area contributed by atoms with Crippen LogP contribution in [-0.4, -0.2) is 29.1 Å². The number of aromatic nitrogens is 2. The minimum atomic E-state index is -0.680. The molecule has 0 saturated heterocycles. The molecule has 0 bridgehead atoms. The van der Waals surface area contributed by atoms with Gasteiger partial charge in [-0.15, -0.1) is 0 Å². The number of carbonyl (C=O) groups is 1. The van der Waals surface area contributed by atoms with E-state index < -0.39 is 17.2 Å². The predicted octanol–water partition coefficient (Wildman–Crippen LogP) is 3.39. The number of nitrogens with zero attached hydrogens (tertiary/aromatic N) is 2. The summed E-state index contributed by atoms with van der Waals surface area (Å²) in [5, 5.41) is 0. The number of nitrogens with two attached hydrogens (primary N) is 1. The van der Waals surface area contributed by atoms with Crippen molar-refractivity contribution in [2.45, 2.75) is 40.2 Å². The van der Waals surface area contributed by atoms with Gasteiger partial charge in [-0.25, -0.2) is 4.79 Å². The lowest BCUT2D eigenvalue weighted by Crippen LogP contribution is -2.41. The van der Waals surface area contributed by atoms with Crippen LogP contribution in [0.25, 0.3) is 6.08 Å². The molecule has 0 unspecified atom stereocenters. The van der Waals surface area contributed by atoms with Gasteiger partial charge in [-0.05, 0) is 36.6 Å². The number of anilines is 2. The molecule has 0 radical (unpaired) electrons. The van der Waals surface area contributed by atoms with Crippen molar-refractivity contribution >= 4 is 39.4 Å². The zero-order chi connectivity index (χ0) is 23.1. The summed E-state index contributed by atoms with van der Waals surface area (Å²) in [5.41, 5.74) is 5.64. The monoisotopic (exact) mass is 492 g/mol. The Morgan fingerprint density at radius 1 is 1.35 bits per heavy atom. The van der Waals surface area contributed by atoms with Crippen molar-refractivity contribution in [3.63, 3.8) is 0 Å². The first-order valence-corrected chi connectivity index (χ1v) is 10.9. The second-order valence-electron chi connectivity index (χ2n) is 7.56. The third kappa shape index (κ3) is 6.10. The third-order valence-corrected chi connectivity index (χ3v) is 5.12. The molecule has 0 aliphatic rings. The number of methoxy groups -OCH3 is 1. The standard InChI is InChI=1S/C22H29BrN4O4/c1-5-6-11-26(18(28)10-7-15-12-16(23)8-9-17(15)31-4)19-20(24)27(13-14(2)3)22(30)25-21(19)29/h7-10,12,14H,5-6,11,13,24H2,1-4H3,(H,25,29,30)/b10-7+. The van der Waals surface area contributed by atoms with Crippen molar-refractivity contribution in [2.24, 2.45) is 5.92 Å². The van der Waals surface area contributed by atoms with Crippen molar-refractivity contribution in [3.05, 3.63) is 55.1 Å². The summed E-state index contributed by atoms with van der Waals surface area (Å²) >= 11 is 3.41. The van der Waals surface area contributed by atoms with E-state index in [9.17, 15) is 14.4 Å². The Kier molecular flexibility index (Phi) is 8.67. The fourth-order valence-corrected chi connectivity index (χ4v) is 3.50. The fourth-order valence-electron chi connectivity index (χ4n) is 3.12. The van der Waals surface area contributed by atoms with Crippen LogP contribution in [0, 0.1) is 5.92 Å². The average molecular weight is 493 g/mol. The highest BCUT2D eigenvalue weighted by atomic mass is 79.9. The molecule has 168 valence electrons. The lowest BCUT2D eigenvalue weighted by Gasteiger charge is -2.23. The summed E-state index contributed by atoms with van der Waals surface area (Å²) in [5.74, 6) is 0.306. The molecule has 3 N–H and O–H groups in total. The van der Waals surface area contributed by atoms with Gasteiger partial charge < -0.3 is 15.4 Å². The first-order chi connectivity index (χ1) is 14.7. The van der Waals surface area contributed by atoms with E-state index in [4.69, 9.17) is 10.5 Å². The number of hydrogen-bond donors (Lipinski definition) is 2. The van der Waals surface area contributed by atoms with Gasteiger partial charge in [0.15, 0.2) is 5.69 Å². The summed E-state index contributed by atoms with van der Waals surface area (Å²) in [6.07, 6.45) is 4.48. The first kappa shape index (κ1) is 24.5. The number of H-pyrrole nitrogens is 1. The molecule has 1 aromatic heterocycles. The van der Waals surface area contributed by atoms with E-state index in [0.717, 1.165) is 10.9 Å². The highest BCUT2D eigenvalue weighted by Crippen LogP contribution is 2.25. The fraction of sp³-hybridized carbons (Fsp3) is 0.409. The third-order valence-electron chi connectivity index (χ3n) is 4.63. The molecule has 1 aromatic carbocycles. The molecule has 8 nitrogen and oxygen atoms in total. The average Bonchev–Trinajstić information content (AvgIpc) is 2.71. The number of unbranched alkanes of at least 4 members (excludes halogenated alkanes) is 1. The predicted molar refractivity (Wildman–Crippen MR) is 128 cm³/mol. The number of rotatable bonds is 9. The topological polar surface area (TPSA) is 110 Å². The van der Waals surface area contributed by atoms with Crippen LogP contribution in [-0.2, 0) is 11.3 Å². The van der Waals surface area contributed by atoms with Crippen LogP contribution in [0.15, 0.2) is 38.3 Å². The maximum Gasteiger partial charge on any atom is 0.330 e. The summed E-state index contributed by atoms with van der Waals surface area (Å²) < 4.78 is 7.47. The zero-order valence-electron chi connectivity index (χ0n) is 18.3. The van der Waals surface area contributed by atoms with E-state index in [1.165, 1.54) is 15.5 Å². The van der Waals surface area contributed by atoms with Crippen LogP contribution < -0.4 is 26.6 Å². The van der Waals surface area contributed by atoms with Crippen LogP contribution in [0.3, 0.4) is 0 Å². The largest absolute Gasteiger partial charge is 0.496 e. The number of hydrogen-bond acceptors (Lipinski definition) is 5. The van der Waals surface area contributed by atoms with Gasteiger partial charge in [-0.2, -0.15) is 0 Å². The number of halogens is 1. The molecule has 0 aliphatic carbocycles. The number of ether oxygens (including phenoxy) is 1. The maximum absolute atomic E-state index is 13.1. The molecule has 0 aliphatic heterocycles. The van der Waals surface area contributed by atoms with Gasteiger partial charge in [0.1, 0.15) is 11.6 Å². The molecule has 2 aromatic rings. The van der Waals surface area contributed by atoms with E-state index in [2.05, 4.69) is 20.9 Å². The second-order valence-corrected chi connectivity index (χ2v) is 8.48. The molecule has 31 heavy (non-hydrogen) atoms. The first-order valence-electron chi connectivity index (χ1n) is 10.1. The van der Waals surface area contributed by atoms with Crippen molar-refractivity contribution in [2.75, 3.05) is 24.3 Å². The van der Waals surface area contributed by atoms with Crippen molar-refractivity contribution in [3.8, 4) is 5.75 Å². The smallest absolute Gasteiger partial charge is 0.330 e. The molecule has 9 heteroatoms. The van der Waals surface area contributed by atoms with E-state index in [1.807, 2.05) is 32.9 Å². The van der Waals surface area contributed by atoms with Crippen LogP contribution in [0.2, 0.25) is 0 Å². The lowest BCUT2D eigenvalue weighted by molar-refractivity contribution is -0.114. The number of amides is 1. The van der Waals surface area contributed by atoms with Crippen LogP contribution >= 0.6 is 15.9 Å². The van der Waals surface area contributed by atoms with E-state index in [1.54, 1.807) is 19.3 Å². The Morgan fingerprint density at radius 3 is 2.68 bits per heavy atom. The number of aromatic amines is 1. The minimum absolute atomic E-state index is 0.00967. The molecule has 0 fully saturated rings. The molecular formula is C22H29BrN4O4. The lowest BCUT2D eigenvalue weighted by atomic mass is 10.1. The summed E-state index contributed by atoms with van der Waals surface area (Å²) in [4.78, 5) is 41.6. The van der Waals surface area contributed by atoms with Crippen molar-refractivity contribution < 1.29 is 9.53 Å². The Labute approximate surface area is 189 Å². The highest BCUT2D eigenvalue weighted by Gasteiger charge is 2.23. The number of nitrogen functional groups attached to an aromatic ring is 1. The SMILES string of the molecule is CCCCN(C(=O)/C=C/c1cc(Br)ccc1OC)c1c(N)n(CC(C)C)c(=O)[nH]c1=O. The van der Waals surface area contributed by atoms with E-state index >= 15 is 0 Å². The van der Waals surface area contributed by atoms with Crippen LogP contribution in [0.1, 0.15) is 39.2 Å². The van der Waals surface area contributed by atoms with Gasteiger partial charge in [-0.3, -0.25) is 19.1 Å². The number of carbonyl (C=O) groups excluding carboxylic acids is 1. The Hall–Kier alpha value is -2.81. The maximum atomic E-state index is 13.1. The zero-order valence-corrected chi connectivity index (χ0v) is 19.9. The molecule has 1 heterocycles. The van der Waals surface area contributed by atoms with Crippen molar-refractivity contribution in [1.82, 2.24) is 9.55 Å². The van der Waals surface area contributed by atoms with Gasteiger partial charge in [0, 0.05) is 29.2 Å². The van der Waals surface area contributed by atoms with Gasteiger partial charge in [0.05, 0.1) is 7.11 Å². The minimum Gasteiger partial charge on any atom is -0.496 e. The molecular weight excluding hydrogens is 464 g/mol. The molecule has 2 rings (SSSR count). The van der Waals surface area contributed by atoms with Crippen molar-refractivity contribution in [1.29, 1.82) is 0 Å². The Morgan fingerprint density at radius 2 is 2.06 bits per heavy atom. The molecule has 1 amide bonds. The van der Waals surface area contributed by atoms with E-state index in [-0.39, 0.29) is 17.4 Å². The summed E-state index contributed by atoms with van der Waals surface area (Å²) in [7, 11) is 1.55. The van der Waals surface area contributed by atoms with Gasteiger partial charge >= 0.3 is 5.69 Å². The van der Waals surface area contributed by atoms with E-state index in [0.29, 0.717) is 30.8 Å². The normalized spacial score (nSPS) is 11.3. The molecule has 0 atom stereocenters. The molecule has 0 spiro atoms. The van der Waals surface area contributed by atoms with Gasteiger partial charge in [-0.1, -0.05) is 43.1 Å². The quantitative estimate of drug-likeness (QED) is 0.521. The highest BCUT2D eigenvalue weighted by molar-refractivity contribution is 9.10. The van der Waals surface area contributed by atoms with Gasteiger partial charge in [0.2, 0.25) is 0 Å². The van der Waals surface area contributed by atoms with Gasteiger partial charge in [0.25, 0.3) is 11.5 Å². The van der Waals surface area contributed by atoms with Crippen LogP contribution in [0.4, 0.5) is 11.5 Å². The Bertz CT molecular complexity index is 1070.